The molecule has 164 valence electrons. The number of benzene rings is 2. The molecule has 3 aromatic rings. The zero-order valence-electron chi connectivity index (χ0n) is 17.3. The first-order valence-electron chi connectivity index (χ1n) is 9.44. The summed E-state index contributed by atoms with van der Waals surface area (Å²) in [5, 5.41) is 9.62. The Hall–Kier alpha value is -3.01. The van der Waals surface area contributed by atoms with Gasteiger partial charge >= 0.3 is 0 Å². The number of fused-ring (bicyclic) bond motifs is 1. The van der Waals surface area contributed by atoms with Gasteiger partial charge in [0.2, 0.25) is 5.91 Å². The predicted molar refractivity (Wildman–Crippen MR) is 117 cm³/mol. The van der Waals surface area contributed by atoms with E-state index in [0.717, 1.165) is 5.56 Å². The van der Waals surface area contributed by atoms with Gasteiger partial charge in [-0.25, -0.2) is 14.4 Å². The maximum absolute atomic E-state index is 13.5. The summed E-state index contributed by atoms with van der Waals surface area (Å²) in [5.41, 5.74) is 1.96. The number of aromatic nitrogens is 2. The Balaban J connectivity index is 1.90. The number of methoxy groups -OCH3 is 2. The Morgan fingerprint density at radius 3 is 2.71 bits per heavy atom. The van der Waals surface area contributed by atoms with Crippen molar-refractivity contribution in [2.75, 3.05) is 33.2 Å². The third-order valence-corrected chi connectivity index (χ3v) is 4.96. The molecule has 0 fully saturated rings. The number of nitrogens with zero attached hydrogens (tertiary/aromatic N) is 2. The number of hydrogen-bond acceptors (Lipinski definition) is 7. The maximum Gasteiger partial charge on any atom is 0.239 e. The molecule has 0 saturated carbocycles. The molecule has 1 aromatic heterocycles. The van der Waals surface area contributed by atoms with Gasteiger partial charge in [-0.2, -0.15) is 0 Å². The largest absolute Gasteiger partial charge is 0.496 e. The van der Waals surface area contributed by atoms with Crippen molar-refractivity contribution in [3.05, 3.63) is 53.1 Å². The van der Waals surface area contributed by atoms with Crippen LogP contribution in [0, 0.1) is 5.82 Å². The van der Waals surface area contributed by atoms with Crippen LogP contribution in [0.1, 0.15) is 5.56 Å². The molecule has 31 heavy (non-hydrogen) atoms. The number of likely N-dealkylation sites (N-methyl/N-ethyl adjacent to an activating group) is 1. The third kappa shape index (κ3) is 5.38. The van der Waals surface area contributed by atoms with Gasteiger partial charge in [0.1, 0.15) is 29.8 Å². The number of amides is 1. The Labute approximate surface area is 184 Å². The molecule has 0 spiro atoms. The van der Waals surface area contributed by atoms with Crippen molar-refractivity contribution < 1.29 is 18.7 Å². The summed E-state index contributed by atoms with van der Waals surface area (Å²) in [6.07, 6.45) is 1.42. The summed E-state index contributed by atoms with van der Waals surface area (Å²) in [6, 6.07) is 7.45. The van der Waals surface area contributed by atoms with Crippen molar-refractivity contribution in [3.63, 3.8) is 0 Å². The molecule has 10 heteroatoms. The molecule has 0 bridgehead atoms. The molecule has 0 unspecified atom stereocenters. The van der Waals surface area contributed by atoms with Gasteiger partial charge < -0.3 is 25.4 Å². The highest BCUT2D eigenvalue weighted by Gasteiger charge is 2.17. The first-order chi connectivity index (χ1) is 15.0. The highest BCUT2D eigenvalue weighted by atomic mass is 35.5. The van der Waals surface area contributed by atoms with Crippen LogP contribution in [-0.4, -0.2) is 49.8 Å². The van der Waals surface area contributed by atoms with Gasteiger partial charge in [-0.15, -0.1) is 0 Å². The first-order valence-corrected chi connectivity index (χ1v) is 9.82. The number of hydrogen-bond donors (Lipinski definition) is 3. The van der Waals surface area contributed by atoms with Gasteiger partial charge in [0.25, 0.3) is 0 Å². The van der Waals surface area contributed by atoms with Gasteiger partial charge in [-0.1, -0.05) is 11.6 Å². The normalized spacial score (nSPS) is 11.9. The van der Waals surface area contributed by atoms with Crippen LogP contribution >= 0.6 is 11.6 Å². The Bertz CT molecular complexity index is 1080. The summed E-state index contributed by atoms with van der Waals surface area (Å²) < 4.78 is 24.0. The van der Waals surface area contributed by atoms with Crippen LogP contribution in [0.25, 0.3) is 10.9 Å². The molecule has 2 aromatic carbocycles. The van der Waals surface area contributed by atoms with Gasteiger partial charge in [0.15, 0.2) is 0 Å². The van der Waals surface area contributed by atoms with E-state index in [9.17, 15) is 9.18 Å². The first kappa shape index (κ1) is 22.7. The van der Waals surface area contributed by atoms with E-state index in [1.165, 1.54) is 25.6 Å². The number of nitrogens with one attached hydrogen (secondary N) is 3. The highest BCUT2D eigenvalue weighted by Crippen LogP contribution is 2.30. The quantitative estimate of drug-likeness (QED) is 0.464. The van der Waals surface area contributed by atoms with E-state index in [1.54, 1.807) is 26.3 Å². The molecule has 0 aliphatic heterocycles. The van der Waals surface area contributed by atoms with Crippen molar-refractivity contribution in [2.24, 2.45) is 0 Å². The Kier molecular flexibility index (Phi) is 7.56. The summed E-state index contributed by atoms with van der Waals surface area (Å²) >= 11 is 5.88. The van der Waals surface area contributed by atoms with Crippen LogP contribution in [0.3, 0.4) is 0 Å². The zero-order valence-corrected chi connectivity index (χ0v) is 18.1. The number of anilines is 2. The lowest BCUT2D eigenvalue weighted by molar-refractivity contribution is -0.124. The molecule has 0 radical (unpaired) electrons. The number of halogens is 2. The molecular weight excluding hydrogens is 425 g/mol. The molecular formula is C21H23ClFN5O3. The van der Waals surface area contributed by atoms with Crippen LogP contribution < -0.4 is 20.7 Å². The van der Waals surface area contributed by atoms with Gasteiger partial charge in [-0.3, -0.25) is 4.79 Å². The summed E-state index contributed by atoms with van der Waals surface area (Å²) in [5.74, 6) is 0.386. The summed E-state index contributed by atoms with van der Waals surface area (Å²) in [4.78, 5) is 21.0. The minimum Gasteiger partial charge on any atom is -0.496 e. The lowest BCUT2D eigenvalue weighted by atomic mass is 10.1. The van der Waals surface area contributed by atoms with E-state index in [0.29, 0.717) is 28.2 Å². The third-order valence-electron chi connectivity index (χ3n) is 4.67. The van der Waals surface area contributed by atoms with E-state index in [1.807, 2.05) is 6.07 Å². The fraction of sp³-hybridized carbons (Fsp3) is 0.286. The minimum atomic E-state index is -0.504. The van der Waals surface area contributed by atoms with Gasteiger partial charge in [0.05, 0.1) is 24.3 Å². The van der Waals surface area contributed by atoms with E-state index in [4.69, 9.17) is 21.1 Å². The summed E-state index contributed by atoms with van der Waals surface area (Å²) in [7, 11) is 4.78. The maximum atomic E-state index is 13.5. The lowest BCUT2D eigenvalue weighted by Gasteiger charge is -2.17. The number of ether oxygens (including phenoxy) is 2. The molecule has 1 atom stereocenters. The topological polar surface area (TPSA) is 97.4 Å². The van der Waals surface area contributed by atoms with Gasteiger partial charge in [0, 0.05) is 36.4 Å². The molecule has 1 amide bonds. The van der Waals surface area contributed by atoms with Crippen molar-refractivity contribution in [3.8, 4) is 5.75 Å². The van der Waals surface area contributed by atoms with Crippen LogP contribution in [-0.2, 0) is 16.1 Å². The molecule has 0 saturated heterocycles. The lowest BCUT2D eigenvalue weighted by Crippen LogP contribution is -2.45. The Morgan fingerprint density at radius 1 is 1.23 bits per heavy atom. The van der Waals surface area contributed by atoms with Crippen molar-refractivity contribution in [1.29, 1.82) is 0 Å². The molecule has 3 rings (SSSR count). The van der Waals surface area contributed by atoms with E-state index < -0.39 is 11.9 Å². The van der Waals surface area contributed by atoms with E-state index in [2.05, 4.69) is 25.9 Å². The molecule has 8 nitrogen and oxygen atoms in total. The van der Waals surface area contributed by atoms with Crippen LogP contribution in [0.5, 0.6) is 5.75 Å². The highest BCUT2D eigenvalue weighted by molar-refractivity contribution is 6.31. The fourth-order valence-electron chi connectivity index (χ4n) is 3.03. The van der Waals surface area contributed by atoms with Gasteiger partial charge in [-0.05, 0) is 31.3 Å². The number of carbonyl (C=O) groups excluding carboxylic acids is 1. The van der Waals surface area contributed by atoms with Crippen LogP contribution in [0.4, 0.5) is 15.9 Å². The number of carbonyl (C=O) groups is 1. The average molecular weight is 448 g/mol. The molecule has 0 aliphatic carbocycles. The average Bonchev–Trinajstić information content (AvgIpc) is 2.77. The minimum absolute atomic E-state index is 0.00331. The zero-order chi connectivity index (χ0) is 22.4. The van der Waals surface area contributed by atoms with Crippen molar-refractivity contribution >= 4 is 39.9 Å². The SMILES string of the molecule is CN[C@@H](COC)C(=O)NCc1cc2c(Nc3ccc(F)c(Cl)c3)ncnc2cc1OC. The van der Waals surface area contributed by atoms with Crippen LogP contribution in [0.15, 0.2) is 36.7 Å². The monoisotopic (exact) mass is 447 g/mol. The second-order valence-electron chi connectivity index (χ2n) is 6.67. The molecule has 3 N–H and O–H groups in total. The smallest absolute Gasteiger partial charge is 0.239 e. The van der Waals surface area contributed by atoms with Crippen molar-refractivity contribution in [2.45, 2.75) is 12.6 Å². The van der Waals surface area contributed by atoms with Crippen molar-refractivity contribution in [1.82, 2.24) is 20.6 Å². The fourth-order valence-corrected chi connectivity index (χ4v) is 3.21. The second-order valence-corrected chi connectivity index (χ2v) is 7.08. The number of rotatable bonds is 9. The summed E-state index contributed by atoms with van der Waals surface area (Å²) in [6.45, 7) is 0.482. The van der Waals surface area contributed by atoms with Crippen LogP contribution in [0.2, 0.25) is 5.02 Å². The molecule has 1 heterocycles. The Morgan fingerprint density at radius 2 is 2.03 bits per heavy atom. The second kappa shape index (κ2) is 10.3. The van der Waals surface area contributed by atoms with E-state index >= 15 is 0 Å². The molecule has 0 aliphatic rings. The van der Waals surface area contributed by atoms with E-state index in [-0.39, 0.29) is 24.1 Å². The standard InChI is InChI=1S/C21H23ClFN5O3/c1-24-18(10-30-2)21(29)25-9-12-6-14-17(8-19(12)31-3)26-11-27-20(14)28-13-4-5-16(23)15(22)7-13/h4-8,11,18,24H,9-10H2,1-3H3,(H,25,29)(H,26,27,28)/t18-/m0/s1. The predicted octanol–water partition coefficient (Wildman–Crippen LogP) is 3.03.